The van der Waals surface area contributed by atoms with Gasteiger partial charge in [0.1, 0.15) is 19.8 Å². The Morgan fingerprint density at radius 2 is 0.570 bits per heavy atom. The lowest BCUT2D eigenvalue weighted by Gasteiger charge is -2.28. The summed E-state index contributed by atoms with van der Waals surface area (Å²) in [5, 5.41) is 0. The van der Waals surface area contributed by atoms with E-state index in [2.05, 4.69) is 135 Å². The zero-order valence-corrected chi connectivity index (χ0v) is 67.0. The van der Waals surface area contributed by atoms with Crippen molar-refractivity contribution in [3.8, 4) is 0 Å². The van der Waals surface area contributed by atoms with E-state index in [9.17, 15) is 19.0 Å². The molecule has 0 radical (unpaired) electrons. The van der Waals surface area contributed by atoms with Gasteiger partial charge < -0.3 is 27.9 Å². The van der Waals surface area contributed by atoms with Crippen LogP contribution in [0.4, 0.5) is 0 Å². The molecule has 0 bridgehead atoms. The molecule has 0 amide bonds. The number of ether oxygens (including phenoxy) is 2. The number of carbonyl (C=O) groups is 2. The van der Waals surface area contributed by atoms with Crippen molar-refractivity contribution >= 4 is 19.8 Å². The number of hydrogen-bond donors (Lipinski definition) is 0. The molecule has 0 fully saturated rings. The quantitative estimate of drug-likeness (QED) is 0.0195. The summed E-state index contributed by atoms with van der Waals surface area (Å²) in [5.74, 6) is -0.822. The van der Waals surface area contributed by atoms with Gasteiger partial charge in [0.25, 0.3) is 7.82 Å². The lowest BCUT2D eigenvalue weighted by atomic mass is 10.0. The molecule has 0 N–H and O–H groups in total. The van der Waals surface area contributed by atoms with Crippen molar-refractivity contribution in [2.45, 2.75) is 392 Å². The molecular weight excluding hydrogens is 1250 g/mol. The molecule has 0 saturated heterocycles. The highest BCUT2D eigenvalue weighted by atomic mass is 31.2. The number of allylic oxidation sites excluding steroid dienone is 20. The van der Waals surface area contributed by atoms with Crippen LogP contribution in [-0.2, 0) is 32.7 Å². The lowest BCUT2D eigenvalue weighted by molar-refractivity contribution is -0.870. The number of quaternary nitrogens is 1. The van der Waals surface area contributed by atoms with Crippen LogP contribution in [0.5, 0.6) is 0 Å². The normalized spacial score (nSPS) is 13.6. The number of rotatable bonds is 78. The van der Waals surface area contributed by atoms with Crippen LogP contribution < -0.4 is 4.89 Å². The molecule has 2 unspecified atom stereocenters. The Balaban J connectivity index is 3.96. The van der Waals surface area contributed by atoms with Gasteiger partial charge in [-0.3, -0.25) is 14.2 Å². The van der Waals surface area contributed by atoms with Crippen molar-refractivity contribution in [3.05, 3.63) is 122 Å². The van der Waals surface area contributed by atoms with Gasteiger partial charge in [0.15, 0.2) is 6.10 Å². The molecule has 0 heterocycles. The number of phosphoric acid groups is 1. The van der Waals surface area contributed by atoms with E-state index in [1.165, 1.54) is 257 Å². The molecule has 0 aromatic carbocycles. The number of hydrogen-bond acceptors (Lipinski definition) is 8. The van der Waals surface area contributed by atoms with Gasteiger partial charge >= 0.3 is 11.9 Å². The maximum atomic E-state index is 12.9. The van der Waals surface area contributed by atoms with Crippen LogP contribution in [0.1, 0.15) is 386 Å². The molecule has 0 aromatic rings. The first kappa shape index (κ1) is 96.4. The highest BCUT2D eigenvalue weighted by Gasteiger charge is 2.22. The molecule has 10 heteroatoms. The van der Waals surface area contributed by atoms with E-state index >= 15 is 0 Å². The Labute approximate surface area is 619 Å². The van der Waals surface area contributed by atoms with Gasteiger partial charge in [-0.25, -0.2) is 0 Å². The maximum absolute atomic E-state index is 12.9. The second-order valence-corrected chi connectivity index (χ2v) is 30.9. The van der Waals surface area contributed by atoms with Gasteiger partial charge in [-0.15, -0.1) is 0 Å². The summed E-state index contributed by atoms with van der Waals surface area (Å²) in [5.41, 5.74) is 0. The maximum Gasteiger partial charge on any atom is 0.306 e. The van der Waals surface area contributed by atoms with Crippen molar-refractivity contribution in [1.29, 1.82) is 0 Å². The zero-order chi connectivity index (χ0) is 72.5. The van der Waals surface area contributed by atoms with Crippen LogP contribution in [0.3, 0.4) is 0 Å². The highest BCUT2D eigenvalue weighted by molar-refractivity contribution is 7.45. The minimum absolute atomic E-state index is 0.0331. The summed E-state index contributed by atoms with van der Waals surface area (Å²) in [7, 11) is 1.17. The summed E-state index contributed by atoms with van der Waals surface area (Å²) < 4.78 is 34.5. The van der Waals surface area contributed by atoms with E-state index in [1.807, 2.05) is 21.1 Å². The number of esters is 2. The van der Waals surface area contributed by atoms with Gasteiger partial charge in [0.2, 0.25) is 0 Å². The van der Waals surface area contributed by atoms with Crippen molar-refractivity contribution < 1.29 is 42.1 Å². The van der Waals surface area contributed by atoms with Crippen LogP contribution >= 0.6 is 7.82 Å². The van der Waals surface area contributed by atoms with Crippen LogP contribution in [0.15, 0.2) is 122 Å². The summed E-state index contributed by atoms with van der Waals surface area (Å²) >= 11 is 0. The van der Waals surface area contributed by atoms with Gasteiger partial charge in [-0.1, -0.05) is 386 Å². The second-order valence-electron chi connectivity index (χ2n) is 29.5. The summed E-state index contributed by atoms with van der Waals surface area (Å²) in [4.78, 5) is 38.2. The molecule has 9 nitrogen and oxygen atoms in total. The average Bonchev–Trinajstić information content (AvgIpc) is 1.30. The number of phosphoric ester groups is 1. The molecule has 578 valence electrons. The van der Waals surface area contributed by atoms with Crippen molar-refractivity contribution in [2.24, 2.45) is 0 Å². The van der Waals surface area contributed by atoms with Gasteiger partial charge in [-0.2, -0.15) is 0 Å². The third-order valence-corrected chi connectivity index (χ3v) is 19.4. The minimum atomic E-state index is -4.65. The zero-order valence-electron chi connectivity index (χ0n) is 66.1. The standard InChI is InChI=1S/C90H160NO8P/c1-6-8-10-12-14-16-18-20-22-24-26-28-30-32-34-36-38-40-42-43-44-45-46-47-49-51-53-55-57-59-61-63-65-67-69-71-73-75-77-79-81-83-90(93)99-88(87-98-100(94,95)97-85-84-91(3,4)5)86-96-89(92)82-80-78-76-74-72-70-68-66-64-62-60-58-56-54-52-50-48-41-39-37-35-33-31-29-27-25-23-21-19-17-15-13-11-9-7-2/h8,10,14,16,20,22,25-28,32,34,38,40,43-44,46-47,51,53,88H,6-7,9,11-13,15,17-19,21,23-24,29-31,33,35-37,39,41-42,45,48-50,52,54-87H2,1-5H3/b10-8-,16-14-,22-20-,27-25-,28-26-,34-32-,40-38-,44-43-,47-46-,53-51-. The topological polar surface area (TPSA) is 111 Å². The number of unbranched alkanes of at least 4 members (excludes halogenated alkanes) is 44. The predicted octanol–water partition coefficient (Wildman–Crippen LogP) is 27.9. The molecule has 100 heavy (non-hydrogen) atoms. The van der Waals surface area contributed by atoms with Gasteiger partial charge in [-0.05, 0) is 109 Å². The van der Waals surface area contributed by atoms with Gasteiger partial charge in [0.05, 0.1) is 27.7 Å². The number of likely N-dealkylation sites (N-methyl/N-ethyl adjacent to an activating group) is 1. The molecule has 0 aliphatic rings. The van der Waals surface area contributed by atoms with Crippen LogP contribution in [0.2, 0.25) is 0 Å². The van der Waals surface area contributed by atoms with Crippen LogP contribution in [0.25, 0.3) is 0 Å². The number of nitrogens with zero attached hydrogens (tertiary/aromatic N) is 1. The third kappa shape index (κ3) is 83.4. The Bertz CT molecular complexity index is 2110. The summed E-state index contributed by atoms with van der Waals surface area (Å²) in [6.07, 6.45) is 115. The molecular formula is C90H160NO8P. The minimum Gasteiger partial charge on any atom is -0.756 e. The van der Waals surface area contributed by atoms with Crippen LogP contribution in [-0.4, -0.2) is 70.0 Å². The molecule has 0 aliphatic heterocycles. The van der Waals surface area contributed by atoms with Crippen molar-refractivity contribution in [3.63, 3.8) is 0 Å². The van der Waals surface area contributed by atoms with E-state index < -0.39 is 26.5 Å². The van der Waals surface area contributed by atoms with Crippen molar-refractivity contribution in [2.75, 3.05) is 47.5 Å². The summed E-state index contributed by atoms with van der Waals surface area (Å²) in [6.45, 7) is 4.17. The van der Waals surface area contributed by atoms with Crippen molar-refractivity contribution in [1.82, 2.24) is 0 Å². The Kier molecular flexibility index (Phi) is 76.7. The SMILES string of the molecule is CC/C=C\C/C=C\C/C=C\C/C=C\C/C=C\C/C=C\C/C=C\C/C=C\C/C=C\CCCCCCCCCCCCCCCC(=O)OC(COC(=O)CCCCCCCCCCCCCCCCCCCCCCCCC/C=C\CCCCCCCCCC)COP(=O)([O-])OCC[N+](C)(C)C. The van der Waals surface area contributed by atoms with E-state index in [-0.39, 0.29) is 32.0 Å². The fourth-order valence-corrected chi connectivity index (χ4v) is 12.8. The first-order valence-electron chi connectivity index (χ1n) is 42.2. The Hall–Kier alpha value is -3.59. The number of carbonyl (C=O) groups excluding carboxylic acids is 2. The second kappa shape index (κ2) is 79.5. The fourth-order valence-electron chi connectivity index (χ4n) is 12.1. The molecule has 0 aromatic heterocycles. The monoisotopic (exact) mass is 1410 g/mol. The first-order chi connectivity index (χ1) is 49.0. The van der Waals surface area contributed by atoms with E-state index in [0.717, 1.165) is 96.3 Å². The molecule has 0 rings (SSSR count). The highest BCUT2D eigenvalue weighted by Crippen LogP contribution is 2.38. The molecule has 0 aliphatic carbocycles. The predicted molar refractivity (Wildman–Crippen MR) is 434 cm³/mol. The fraction of sp³-hybridized carbons (Fsp3) is 0.756. The molecule has 0 spiro atoms. The third-order valence-electron chi connectivity index (χ3n) is 18.5. The lowest BCUT2D eigenvalue weighted by Crippen LogP contribution is -2.37. The largest absolute Gasteiger partial charge is 0.756 e. The van der Waals surface area contributed by atoms with E-state index in [1.54, 1.807) is 0 Å². The van der Waals surface area contributed by atoms with Gasteiger partial charge in [0, 0.05) is 12.8 Å². The molecule has 2 atom stereocenters. The smallest absolute Gasteiger partial charge is 0.306 e. The van der Waals surface area contributed by atoms with E-state index in [0.29, 0.717) is 17.4 Å². The Morgan fingerprint density at radius 3 is 0.860 bits per heavy atom. The van der Waals surface area contributed by atoms with Crippen LogP contribution in [0, 0.1) is 0 Å². The Morgan fingerprint density at radius 1 is 0.320 bits per heavy atom. The summed E-state index contributed by atoms with van der Waals surface area (Å²) in [6, 6.07) is 0. The first-order valence-corrected chi connectivity index (χ1v) is 43.7. The van der Waals surface area contributed by atoms with E-state index in [4.69, 9.17) is 18.5 Å². The average molecular weight is 1420 g/mol. The molecule has 0 saturated carbocycles.